The van der Waals surface area contributed by atoms with E-state index in [9.17, 15) is 5.11 Å². The monoisotopic (exact) mass is 576 g/mol. The number of phenolic OH excluding ortho intramolecular Hbond substituents is 1. The zero-order valence-electron chi connectivity index (χ0n) is 25.1. The van der Waals surface area contributed by atoms with Gasteiger partial charge in [-0.15, -0.1) is 0 Å². The first-order valence-electron chi connectivity index (χ1n) is 15.1. The molecule has 1 N–H and O–H groups in total. The van der Waals surface area contributed by atoms with Crippen molar-refractivity contribution in [2.75, 3.05) is 41.4 Å². The maximum Gasteiger partial charge on any atom is 0.175 e. The summed E-state index contributed by atoms with van der Waals surface area (Å²) in [6.45, 7) is 1.85. The van der Waals surface area contributed by atoms with Gasteiger partial charge < -0.3 is 24.1 Å². The summed E-state index contributed by atoms with van der Waals surface area (Å²) >= 11 is 0. The van der Waals surface area contributed by atoms with Crippen LogP contribution in [0.5, 0.6) is 40.2 Å². The Balaban J connectivity index is 1.40. The predicted molar refractivity (Wildman–Crippen MR) is 165 cm³/mol. The summed E-state index contributed by atoms with van der Waals surface area (Å²) in [4.78, 5) is 4.81. The first-order chi connectivity index (χ1) is 20.9. The molecule has 0 amide bonds. The lowest BCUT2D eigenvalue weighted by molar-refractivity contribution is 0.217. The van der Waals surface area contributed by atoms with Crippen LogP contribution in [0.3, 0.4) is 0 Å². The van der Waals surface area contributed by atoms with Gasteiger partial charge in [0.05, 0.1) is 14.2 Å². The minimum atomic E-state index is 0.0309. The van der Waals surface area contributed by atoms with Gasteiger partial charge in [-0.2, -0.15) is 0 Å². The number of likely N-dealkylation sites (N-methyl/N-ethyl adjacent to an activating group) is 2. The average molecular weight is 577 g/mol. The van der Waals surface area contributed by atoms with E-state index in [0.717, 1.165) is 95.3 Å². The molecule has 4 aliphatic heterocycles. The number of methoxy groups -OCH3 is 2. The molecule has 220 valence electrons. The Bertz CT molecular complexity index is 1780. The molecule has 2 unspecified atom stereocenters. The van der Waals surface area contributed by atoms with Crippen molar-refractivity contribution in [3.8, 4) is 51.4 Å². The fourth-order valence-electron chi connectivity index (χ4n) is 7.52. The minimum absolute atomic E-state index is 0.0309. The smallest absolute Gasteiger partial charge is 0.175 e. The summed E-state index contributed by atoms with van der Waals surface area (Å²) in [5, 5.41) is 11.1. The van der Waals surface area contributed by atoms with Crippen molar-refractivity contribution >= 4 is 0 Å². The molecule has 4 aromatic rings. The maximum absolute atomic E-state index is 11.1. The Labute approximate surface area is 252 Å². The highest BCUT2D eigenvalue weighted by Gasteiger charge is 2.37. The molecule has 0 fully saturated rings. The van der Waals surface area contributed by atoms with Gasteiger partial charge in [-0.3, -0.25) is 9.80 Å². The molecule has 0 saturated heterocycles. The Kier molecular flexibility index (Phi) is 6.10. The molecular formula is C36H36N2O5. The van der Waals surface area contributed by atoms with Crippen LogP contribution < -0.4 is 18.9 Å². The second-order valence-electron chi connectivity index (χ2n) is 12.3. The molecule has 7 heteroatoms. The number of phenols is 1. The minimum Gasteiger partial charge on any atom is -0.507 e. The molecule has 0 radical (unpaired) electrons. The molecule has 2 atom stereocenters. The van der Waals surface area contributed by atoms with Crippen LogP contribution in [-0.4, -0.2) is 56.3 Å². The first kappa shape index (κ1) is 26.4. The zero-order valence-corrected chi connectivity index (χ0v) is 25.1. The van der Waals surface area contributed by atoms with E-state index in [0.29, 0.717) is 5.75 Å². The van der Waals surface area contributed by atoms with Crippen LogP contribution in [-0.2, 0) is 25.7 Å². The normalized spacial score (nSPS) is 20.3. The van der Waals surface area contributed by atoms with Gasteiger partial charge in [-0.05, 0) is 98.4 Å². The van der Waals surface area contributed by atoms with E-state index in [4.69, 9.17) is 18.9 Å². The summed E-state index contributed by atoms with van der Waals surface area (Å²) in [6, 6.07) is 18.8. The van der Waals surface area contributed by atoms with E-state index in [-0.39, 0.29) is 17.8 Å². The van der Waals surface area contributed by atoms with E-state index in [1.54, 1.807) is 14.2 Å². The van der Waals surface area contributed by atoms with Crippen molar-refractivity contribution in [2.45, 2.75) is 37.8 Å². The van der Waals surface area contributed by atoms with E-state index < -0.39 is 0 Å². The van der Waals surface area contributed by atoms with E-state index >= 15 is 0 Å². The van der Waals surface area contributed by atoms with Crippen molar-refractivity contribution in [1.82, 2.24) is 9.80 Å². The molecule has 4 aromatic carbocycles. The van der Waals surface area contributed by atoms with Gasteiger partial charge in [0.1, 0.15) is 17.2 Å². The van der Waals surface area contributed by atoms with Gasteiger partial charge in [0.2, 0.25) is 0 Å². The summed E-state index contributed by atoms with van der Waals surface area (Å²) in [5.41, 5.74) is 8.82. The van der Waals surface area contributed by atoms with E-state index in [1.807, 2.05) is 24.3 Å². The van der Waals surface area contributed by atoms with Crippen LogP contribution in [0, 0.1) is 0 Å². The number of ether oxygens (including phenoxy) is 4. The molecule has 8 rings (SSSR count). The van der Waals surface area contributed by atoms with Crippen molar-refractivity contribution in [3.63, 3.8) is 0 Å². The van der Waals surface area contributed by atoms with Gasteiger partial charge in [0.25, 0.3) is 0 Å². The molecule has 0 aromatic heterocycles. The molecule has 4 heterocycles. The van der Waals surface area contributed by atoms with Crippen LogP contribution in [0.1, 0.15) is 45.5 Å². The van der Waals surface area contributed by atoms with Crippen LogP contribution in [0.2, 0.25) is 0 Å². The summed E-state index contributed by atoms with van der Waals surface area (Å²) in [6.07, 6.45) is 3.35. The average Bonchev–Trinajstić information content (AvgIpc) is 3.01. The lowest BCUT2D eigenvalue weighted by atomic mass is 9.85. The third kappa shape index (κ3) is 4.17. The highest BCUT2D eigenvalue weighted by molar-refractivity contribution is 5.77. The maximum atomic E-state index is 11.1. The molecule has 43 heavy (non-hydrogen) atoms. The Morgan fingerprint density at radius 3 is 2.23 bits per heavy atom. The van der Waals surface area contributed by atoms with Crippen molar-refractivity contribution in [3.05, 3.63) is 88.0 Å². The molecule has 0 saturated carbocycles. The van der Waals surface area contributed by atoms with Gasteiger partial charge in [0, 0.05) is 53.5 Å². The second kappa shape index (κ2) is 9.93. The third-order valence-electron chi connectivity index (χ3n) is 9.89. The van der Waals surface area contributed by atoms with Crippen molar-refractivity contribution < 1.29 is 24.1 Å². The number of hydrogen-bond acceptors (Lipinski definition) is 7. The van der Waals surface area contributed by atoms with E-state index in [1.165, 1.54) is 16.7 Å². The molecule has 0 spiro atoms. The number of aromatic hydroxyl groups is 1. The Hall–Kier alpha value is -4.20. The number of benzene rings is 4. The summed E-state index contributed by atoms with van der Waals surface area (Å²) < 4.78 is 25.3. The lowest BCUT2D eigenvalue weighted by Crippen LogP contribution is -2.34. The molecule has 7 bridgehead atoms. The van der Waals surface area contributed by atoms with Crippen LogP contribution in [0.15, 0.2) is 54.6 Å². The van der Waals surface area contributed by atoms with E-state index in [2.05, 4.69) is 54.2 Å². The Morgan fingerprint density at radius 2 is 1.42 bits per heavy atom. The van der Waals surface area contributed by atoms with Gasteiger partial charge in [-0.25, -0.2) is 0 Å². The Morgan fingerprint density at radius 1 is 0.721 bits per heavy atom. The highest BCUT2D eigenvalue weighted by atomic mass is 16.6. The topological polar surface area (TPSA) is 63.6 Å². The SMILES string of the molecule is COc1ccc2cc1-c1cc(ccc1O)CC1c3cc4c(cc3CCN1C)Oc1cc(OC)c3c(c1O4)C(C2)N(C)CC3. The number of hydrogen-bond donors (Lipinski definition) is 1. The molecular weight excluding hydrogens is 540 g/mol. The highest BCUT2D eigenvalue weighted by Crippen LogP contribution is 2.55. The number of nitrogens with zero attached hydrogens (tertiary/aromatic N) is 2. The van der Waals surface area contributed by atoms with Crippen molar-refractivity contribution in [1.29, 1.82) is 0 Å². The quantitative estimate of drug-likeness (QED) is 0.247. The second-order valence-corrected chi connectivity index (χ2v) is 12.3. The molecule has 7 nitrogen and oxygen atoms in total. The zero-order chi connectivity index (χ0) is 29.4. The lowest BCUT2D eigenvalue weighted by Gasteiger charge is -2.39. The van der Waals surface area contributed by atoms with Crippen LogP contribution in [0.4, 0.5) is 0 Å². The van der Waals surface area contributed by atoms with Crippen molar-refractivity contribution in [2.24, 2.45) is 0 Å². The van der Waals surface area contributed by atoms with Gasteiger partial charge in [0.15, 0.2) is 23.0 Å². The first-order valence-corrected chi connectivity index (χ1v) is 15.1. The summed E-state index contributed by atoms with van der Waals surface area (Å²) in [5.74, 6) is 4.82. The van der Waals surface area contributed by atoms with Gasteiger partial charge in [-0.1, -0.05) is 12.1 Å². The molecule has 4 aliphatic rings. The largest absolute Gasteiger partial charge is 0.507 e. The molecule has 0 aliphatic carbocycles. The summed E-state index contributed by atoms with van der Waals surface area (Å²) in [7, 11) is 7.78. The van der Waals surface area contributed by atoms with Gasteiger partial charge >= 0.3 is 0 Å². The third-order valence-corrected chi connectivity index (χ3v) is 9.89. The number of fused-ring (bicyclic) bond motifs is 5. The number of rotatable bonds is 2. The fourth-order valence-corrected chi connectivity index (χ4v) is 7.52. The van der Waals surface area contributed by atoms with Crippen LogP contribution >= 0.6 is 0 Å². The fraction of sp³-hybridized carbons (Fsp3) is 0.333. The standard InChI is InChI=1S/C36H36N2O5/c1-37-11-9-22-17-32-33-18-24(22)27(37)15-20-5-7-29(39)25(13-20)26-14-21(6-8-30(26)40-3)16-28-35-23(10-12-38(28)2)31(41-4)19-34(42-32)36(35)43-33/h5-8,13-14,17-19,27-28,39H,9-12,15-16H2,1-4H3. The predicted octanol–water partition coefficient (Wildman–Crippen LogP) is 6.83. The van der Waals surface area contributed by atoms with Crippen LogP contribution in [0.25, 0.3) is 11.1 Å².